The summed E-state index contributed by atoms with van der Waals surface area (Å²) < 4.78 is 33.1. The molecule has 2 aromatic heterocycles. The first-order valence-corrected chi connectivity index (χ1v) is 13.1. The standard InChI is InChI=1S/C25H23BrFN3O5S/c1-3-34-24(32)20-14(2)28-25-30(21(20)15-4-6-16(27)7-5-15)22(31)19(36-25)13-17-12-18(26)23(35-17)29-8-10-33-11-9-29/h4-7,12-13,21H,3,8-11H2,1-2H3/b19-13+/t21-/m1/s1. The number of nitrogens with zero attached hydrogens (tertiary/aromatic N) is 3. The molecule has 11 heteroatoms. The Morgan fingerprint density at radius 3 is 2.72 bits per heavy atom. The summed E-state index contributed by atoms with van der Waals surface area (Å²) in [5.74, 6) is 0.215. The molecule has 0 radical (unpaired) electrons. The molecule has 0 spiro atoms. The van der Waals surface area contributed by atoms with Gasteiger partial charge in [-0.1, -0.05) is 23.5 Å². The van der Waals surface area contributed by atoms with Crippen molar-refractivity contribution in [3.8, 4) is 0 Å². The largest absolute Gasteiger partial charge is 0.463 e. The molecule has 1 saturated heterocycles. The number of hydrogen-bond donors (Lipinski definition) is 0. The van der Waals surface area contributed by atoms with Crippen LogP contribution in [0, 0.1) is 5.82 Å². The number of carbonyl (C=O) groups is 1. The monoisotopic (exact) mass is 575 g/mol. The van der Waals surface area contributed by atoms with Crippen molar-refractivity contribution in [2.75, 3.05) is 37.8 Å². The molecule has 2 aliphatic rings. The van der Waals surface area contributed by atoms with Gasteiger partial charge in [0.05, 0.1) is 46.1 Å². The molecule has 5 rings (SSSR count). The smallest absolute Gasteiger partial charge is 0.338 e. The maximum Gasteiger partial charge on any atom is 0.338 e. The molecule has 0 aliphatic carbocycles. The molecule has 3 aromatic rings. The average molecular weight is 576 g/mol. The minimum Gasteiger partial charge on any atom is -0.463 e. The van der Waals surface area contributed by atoms with Gasteiger partial charge in [0.2, 0.25) is 5.88 Å². The number of aromatic nitrogens is 1. The van der Waals surface area contributed by atoms with Gasteiger partial charge >= 0.3 is 5.97 Å². The number of benzene rings is 1. The molecular weight excluding hydrogens is 553 g/mol. The van der Waals surface area contributed by atoms with E-state index in [1.165, 1.54) is 28.0 Å². The highest BCUT2D eigenvalue weighted by molar-refractivity contribution is 9.10. The topological polar surface area (TPSA) is 86.3 Å². The van der Waals surface area contributed by atoms with Crippen molar-refractivity contribution in [3.05, 3.63) is 82.9 Å². The van der Waals surface area contributed by atoms with Gasteiger partial charge in [-0.15, -0.1) is 0 Å². The number of fused-ring (bicyclic) bond motifs is 1. The van der Waals surface area contributed by atoms with Crippen molar-refractivity contribution in [2.24, 2.45) is 4.99 Å². The van der Waals surface area contributed by atoms with E-state index in [-0.39, 0.29) is 17.7 Å². The van der Waals surface area contributed by atoms with Gasteiger partial charge < -0.3 is 18.8 Å². The van der Waals surface area contributed by atoms with E-state index in [1.807, 2.05) is 6.07 Å². The number of furan rings is 1. The molecule has 0 bridgehead atoms. The van der Waals surface area contributed by atoms with Gasteiger partial charge in [0.15, 0.2) is 4.80 Å². The summed E-state index contributed by atoms with van der Waals surface area (Å²) in [4.78, 5) is 33.6. The third-order valence-electron chi connectivity index (χ3n) is 5.96. The number of carbonyl (C=O) groups excluding carboxylic acids is 1. The van der Waals surface area contributed by atoms with Crippen LogP contribution in [-0.4, -0.2) is 43.4 Å². The molecule has 1 fully saturated rings. The molecule has 0 N–H and O–H groups in total. The molecule has 0 amide bonds. The Balaban J connectivity index is 1.62. The van der Waals surface area contributed by atoms with E-state index in [9.17, 15) is 14.0 Å². The summed E-state index contributed by atoms with van der Waals surface area (Å²) >= 11 is 4.75. The highest BCUT2D eigenvalue weighted by Gasteiger charge is 2.33. The zero-order chi connectivity index (χ0) is 25.4. The third kappa shape index (κ3) is 4.58. The number of esters is 1. The molecular formula is C25H23BrFN3O5S. The molecule has 2 aliphatic heterocycles. The fourth-order valence-corrected chi connectivity index (χ4v) is 5.89. The van der Waals surface area contributed by atoms with Gasteiger partial charge in [0, 0.05) is 25.2 Å². The second-order valence-corrected chi connectivity index (χ2v) is 10.1. The number of rotatable bonds is 5. The summed E-state index contributed by atoms with van der Waals surface area (Å²) in [6, 6.07) is 6.75. The molecule has 0 unspecified atom stereocenters. The van der Waals surface area contributed by atoms with E-state index < -0.39 is 17.8 Å². The van der Waals surface area contributed by atoms with Crippen LogP contribution >= 0.6 is 27.3 Å². The SMILES string of the molecule is CCOC(=O)C1=C(C)N=c2s/c(=C/c3cc(Br)c(N4CCOCC4)o3)c(=O)n2[C@@H]1c1ccc(F)cc1. The van der Waals surface area contributed by atoms with Crippen LogP contribution in [0.4, 0.5) is 10.3 Å². The lowest BCUT2D eigenvalue weighted by Gasteiger charge is -2.26. The average Bonchev–Trinajstić information content (AvgIpc) is 3.38. The first-order chi connectivity index (χ1) is 17.4. The minimum atomic E-state index is -0.796. The Labute approximate surface area is 218 Å². The quantitative estimate of drug-likeness (QED) is 0.434. The number of ether oxygens (including phenoxy) is 2. The zero-order valence-electron chi connectivity index (χ0n) is 19.6. The van der Waals surface area contributed by atoms with E-state index in [0.29, 0.717) is 58.5 Å². The molecule has 0 saturated carbocycles. The van der Waals surface area contributed by atoms with Crippen LogP contribution < -0.4 is 19.8 Å². The maximum absolute atomic E-state index is 13.7. The van der Waals surface area contributed by atoms with E-state index in [4.69, 9.17) is 13.9 Å². The molecule has 188 valence electrons. The Hall–Kier alpha value is -3.02. The molecule has 1 atom stereocenters. The van der Waals surface area contributed by atoms with Crippen molar-refractivity contribution in [3.63, 3.8) is 0 Å². The summed E-state index contributed by atoms with van der Waals surface area (Å²) in [5.41, 5.74) is 0.947. The van der Waals surface area contributed by atoms with Gasteiger partial charge in [0.25, 0.3) is 5.56 Å². The number of thiazole rings is 1. The van der Waals surface area contributed by atoms with E-state index in [1.54, 1.807) is 32.1 Å². The number of anilines is 1. The number of morpholine rings is 1. The summed E-state index contributed by atoms with van der Waals surface area (Å²) in [6.07, 6.45) is 1.67. The van der Waals surface area contributed by atoms with Crippen LogP contribution in [0.1, 0.15) is 31.2 Å². The van der Waals surface area contributed by atoms with Crippen LogP contribution in [0.2, 0.25) is 0 Å². The Morgan fingerprint density at radius 1 is 1.31 bits per heavy atom. The van der Waals surface area contributed by atoms with Gasteiger partial charge in [-0.2, -0.15) is 0 Å². The van der Waals surface area contributed by atoms with Crippen molar-refractivity contribution in [1.29, 1.82) is 0 Å². The van der Waals surface area contributed by atoms with Gasteiger partial charge in [-0.25, -0.2) is 14.2 Å². The van der Waals surface area contributed by atoms with E-state index in [2.05, 4.69) is 25.8 Å². The van der Waals surface area contributed by atoms with Gasteiger partial charge in [-0.3, -0.25) is 9.36 Å². The normalized spacial score (nSPS) is 18.3. The van der Waals surface area contributed by atoms with Crippen molar-refractivity contribution in [2.45, 2.75) is 19.9 Å². The highest BCUT2D eigenvalue weighted by Crippen LogP contribution is 2.32. The first-order valence-electron chi connectivity index (χ1n) is 11.4. The van der Waals surface area contributed by atoms with E-state index in [0.717, 1.165) is 4.47 Å². The molecule has 8 nitrogen and oxygen atoms in total. The molecule has 4 heterocycles. The van der Waals surface area contributed by atoms with Crippen molar-refractivity contribution < 1.29 is 23.1 Å². The van der Waals surface area contributed by atoms with Crippen LogP contribution in [0.25, 0.3) is 6.08 Å². The lowest BCUT2D eigenvalue weighted by Crippen LogP contribution is -2.39. The highest BCUT2D eigenvalue weighted by atomic mass is 79.9. The number of hydrogen-bond acceptors (Lipinski definition) is 8. The molecule has 36 heavy (non-hydrogen) atoms. The number of allylic oxidation sites excluding steroid dienone is 1. The summed E-state index contributed by atoms with van der Waals surface area (Å²) in [7, 11) is 0. The lowest BCUT2D eigenvalue weighted by molar-refractivity contribution is -0.139. The predicted molar refractivity (Wildman–Crippen MR) is 136 cm³/mol. The van der Waals surface area contributed by atoms with E-state index >= 15 is 0 Å². The Bertz CT molecular complexity index is 1520. The summed E-state index contributed by atoms with van der Waals surface area (Å²) in [5, 5.41) is 0. The Morgan fingerprint density at radius 2 is 2.03 bits per heavy atom. The van der Waals surface area contributed by atoms with Crippen LogP contribution in [-0.2, 0) is 14.3 Å². The first kappa shape index (κ1) is 24.7. The van der Waals surface area contributed by atoms with Crippen LogP contribution in [0.3, 0.4) is 0 Å². The number of halogens is 2. The predicted octanol–water partition coefficient (Wildman–Crippen LogP) is 3.13. The fraction of sp³-hybridized carbons (Fsp3) is 0.320. The van der Waals surface area contributed by atoms with Crippen molar-refractivity contribution >= 4 is 45.2 Å². The Kier molecular flexibility index (Phi) is 6.96. The third-order valence-corrected chi connectivity index (χ3v) is 7.51. The lowest BCUT2D eigenvalue weighted by atomic mass is 9.96. The fourth-order valence-electron chi connectivity index (χ4n) is 4.31. The van der Waals surface area contributed by atoms with Gasteiger partial charge in [0.1, 0.15) is 11.6 Å². The van der Waals surface area contributed by atoms with Crippen molar-refractivity contribution in [1.82, 2.24) is 4.57 Å². The van der Waals surface area contributed by atoms with Crippen LogP contribution in [0.15, 0.2) is 60.3 Å². The second kappa shape index (κ2) is 10.2. The maximum atomic E-state index is 13.7. The van der Waals surface area contributed by atoms with Gasteiger partial charge in [-0.05, 0) is 47.5 Å². The summed E-state index contributed by atoms with van der Waals surface area (Å²) in [6.45, 7) is 6.25. The zero-order valence-corrected chi connectivity index (χ0v) is 22.0. The second-order valence-electron chi connectivity index (χ2n) is 8.26. The van der Waals surface area contributed by atoms with Crippen LogP contribution in [0.5, 0.6) is 0 Å². The molecule has 1 aromatic carbocycles. The minimum absolute atomic E-state index is 0.176.